The molecule has 0 spiro atoms. The van der Waals surface area contributed by atoms with E-state index in [0.29, 0.717) is 5.76 Å². The van der Waals surface area contributed by atoms with E-state index in [1.165, 1.54) is 7.11 Å². The first-order chi connectivity index (χ1) is 6.19. The van der Waals surface area contributed by atoms with Crippen molar-refractivity contribution < 1.29 is 18.7 Å². The number of methoxy groups -OCH3 is 2. The van der Waals surface area contributed by atoms with Crippen LogP contribution >= 0.6 is 0 Å². The molecule has 0 amide bonds. The minimum Gasteiger partial charge on any atom is -0.463 e. The molecular weight excluding hydrogens is 172 g/mol. The molecular formula is C9H12O4. The molecule has 0 bridgehead atoms. The first-order valence-electron chi connectivity index (χ1n) is 3.90. The molecule has 13 heavy (non-hydrogen) atoms. The van der Waals surface area contributed by atoms with Gasteiger partial charge in [-0.3, -0.25) is 0 Å². The number of furan rings is 1. The highest BCUT2D eigenvalue weighted by Gasteiger charge is 2.14. The van der Waals surface area contributed by atoms with Crippen LogP contribution in [0.1, 0.15) is 29.3 Å². The van der Waals surface area contributed by atoms with E-state index in [1.54, 1.807) is 19.2 Å². The molecule has 4 heteroatoms. The summed E-state index contributed by atoms with van der Waals surface area (Å²) in [4.78, 5) is 11.0. The fourth-order valence-corrected chi connectivity index (χ4v) is 0.898. The Bertz CT molecular complexity index is 290. The molecule has 0 aliphatic rings. The Kier molecular flexibility index (Phi) is 3.08. The van der Waals surface area contributed by atoms with E-state index in [9.17, 15) is 4.79 Å². The lowest BCUT2D eigenvalue weighted by Gasteiger charge is -2.04. The lowest BCUT2D eigenvalue weighted by molar-refractivity contribution is 0.0546. The number of ether oxygens (including phenoxy) is 2. The molecule has 0 radical (unpaired) electrons. The second-order valence-corrected chi connectivity index (χ2v) is 2.57. The monoisotopic (exact) mass is 184 g/mol. The van der Waals surface area contributed by atoms with Crippen LogP contribution in [-0.2, 0) is 9.47 Å². The number of carbonyl (C=O) groups excluding carboxylic acids is 1. The van der Waals surface area contributed by atoms with E-state index in [-0.39, 0.29) is 11.9 Å². The molecule has 0 aliphatic carbocycles. The van der Waals surface area contributed by atoms with Crippen LogP contribution < -0.4 is 0 Å². The van der Waals surface area contributed by atoms with E-state index in [4.69, 9.17) is 9.15 Å². The zero-order chi connectivity index (χ0) is 9.84. The van der Waals surface area contributed by atoms with Gasteiger partial charge < -0.3 is 13.9 Å². The predicted molar refractivity (Wildman–Crippen MR) is 45.5 cm³/mol. The molecule has 0 saturated heterocycles. The minimum absolute atomic E-state index is 0.154. The molecule has 0 saturated carbocycles. The second kappa shape index (κ2) is 4.09. The average Bonchev–Trinajstić information content (AvgIpc) is 2.64. The third kappa shape index (κ3) is 2.09. The molecule has 1 atom stereocenters. The van der Waals surface area contributed by atoms with E-state index in [1.807, 2.05) is 6.92 Å². The summed E-state index contributed by atoms with van der Waals surface area (Å²) >= 11 is 0. The number of rotatable bonds is 3. The largest absolute Gasteiger partial charge is 0.463 e. The van der Waals surface area contributed by atoms with Gasteiger partial charge in [0.25, 0.3) is 0 Å². The summed E-state index contributed by atoms with van der Waals surface area (Å²) in [6.07, 6.45) is -0.154. The van der Waals surface area contributed by atoms with Crippen LogP contribution in [0.5, 0.6) is 0 Å². The van der Waals surface area contributed by atoms with E-state index in [2.05, 4.69) is 4.74 Å². The number of esters is 1. The Labute approximate surface area is 76.4 Å². The lowest BCUT2D eigenvalue weighted by Crippen LogP contribution is -1.99. The number of hydrogen-bond donors (Lipinski definition) is 0. The maximum absolute atomic E-state index is 11.0. The molecule has 0 fully saturated rings. The van der Waals surface area contributed by atoms with Crippen LogP contribution in [0.2, 0.25) is 0 Å². The van der Waals surface area contributed by atoms with Gasteiger partial charge in [-0.2, -0.15) is 0 Å². The molecule has 1 aromatic rings. The summed E-state index contributed by atoms with van der Waals surface area (Å²) in [5.74, 6) is 0.332. The molecule has 1 rings (SSSR count). The summed E-state index contributed by atoms with van der Waals surface area (Å²) in [5.41, 5.74) is 0. The maximum atomic E-state index is 11.0. The molecule has 4 nitrogen and oxygen atoms in total. The van der Waals surface area contributed by atoms with Crippen LogP contribution in [0.4, 0.5) is 0 Å². The normalized spacial score (nSPS) is 12.5. The zero-order valence-corrected chi connectivity index (χ0v) is 7.87. The summed E-state index contributed by atoms with van der Waals surface area (Å²) in [5, 5.41) is 0. The first kappa shape index (κ1) is 9.80. The van der Waals surface area contributed by atoms with Crippen molar-refractivity contribution in [2.75, 3.05) is 14.2 Å². The summed E-state index contributed by atoms with van der Waals surface area (Å²) in [7, 11) is 2.88. The average molecular weight is 184 g/mol. The predicted octanol–water partition coefficient (Wildman–Crippen LogP) is 1.77. The highest BCUT2D eigenvalue weighted by molar-refractivity contribution is 5.86. The number of hydrogen-bond acceptors (Lipinski definition) is 4. The number of carbonyl (C=O) groups is 1. The third-order valence-corrected chi connectivity index (χ3v) is 1.77. The Hall–Kier alpha value is -1.29. The van der Waals surface area contributed by atoms with Crippen molar-refractivity contribution in [1.29, 1.82) is 0 Å². The van der Waals surface area contributed by atoms with E-state index >= 15 is 0 Å². The van der Waals surface area contributed by atoms with Gasteiger partial charge >= 0.3 is 5.97 Å². The van der Waals surface area contributed by atoms with E-state index < -0.39 is 5.97 Å². The van der Waals surface area contributed by atoms with Gasteiger partial charge in [0.05, 0.1) is 7.11 Å². The molecule has 1 unspecified atom stereocenters. The topological polar surface area (TPSA) is 48.7 Å². The van der Waals surface area contributed by atoms with Gasteiger partial charge in [0.1, 0.15) is 11.9 Å². The van der Waals surface area contributed by atoms with Crippen LogP contribution in [0.15, 0.2) is 16.5 Å². The summed E-state index contributed by atoms with van der Waals surface area (Å²) in [6, 6.07) is 3.26. The molecule has 72 valence electrons. The molecule has 1 heterocycles. The Morgan fingerprint density at radius 3 is 2.69 bits per heavy atom. The third-order valence-electron chi connectivity index (χ3n) is 1.77. The van der Waals surface area contributed by atoms with Crippen LogP contribution in [0, 0.1) is 0 Å². The Balaban J connectivity index is 2.80. The second-order valence-electron chi connectivity index (χ2n) is 2.57. The summed E-state index contributed by atoms with van der Waals surface area (Å²) < 4.78 is 14.7. The van der Waals surface area contributed by atoms with Gasteiger partial charge in [-0.25, -0.2) is 4.79 Å². The van der Waals surface area contributed by atoms with Crippen LogP contribution in [0.25, 0.3) is 0 Å². The standard InChI is InChI=1S/C9H12O4/c1-6(11-2)7-4-5-8(13-7)9(10)12-3/h4-6H,1-3H3. The molecule has 0 aromatic carbocycles. The van der Waals surface area contributed by atoms with Crippen molar-refractivity contribution in [3.05, 3.63) is 23.7 Å². The highest BCUT2D eigenvalue weighted by Crippen LogP contribution is 2.18. The van der Waals surface area contributed by atoms with Gasteiger partial charge in [0.2, 0.25) is 5.76 Å². The first-order valence-corrected chi connectivity index (χ1v) is 3.90. The fraction of sp³-hybridized carbons (Fsp3) is 0.444. The highest BCUT2D eigenvalue weighted by atomic mass is 16.5. The molecule has 0 aliphatic heterocycles. The molecule has 1 aromatic heterocycles. The lowest BCUT2D eigenvalue weighted by atomic mass is 10.3. The minimum atomic E-state index is -0.477. The van der Waals surface area contributed by atoms with Gasteiger partial charge in [-0.05, 0) is 19.1 Å². The van der Waals surface area contributed by atoms with Crippen LogP contribution in [-0.4, -0.2) is 20.2 Å². The van der Waals surface area contributed by atoms with Gasteiger partial charge in [-0.15, -0.1) is 0 Å². The van der Waals surface area contributed by atoms with Crippen molar-refractivity contribution in [2.24, 2.45) is 0 Å². The SMILES string of the molecule is COC(=O)c1ccc(C(C)OC)o1. The summed E-state index contributed by atoms with van der Waals surface area (Å²) in [6.45, 7) is 1.83. The van der Waals surface area contributed by atoms with Crippen molar-refractivity contribution in [3.63, 3.8) is 0 Å². The van der Waals surface area contributed by atoms with Crippen molar-refractivity contribution in [2.45, 2.75) is 13.0 Å². The quantitative estimate of drug-likeness (QED) is 0.672. The van der Waals surface area contributed by atoms with Crippen molar-refractivity contribution >= 4 is 5.97 Å². The van der Waals surface area contributed by atoms with Gasteiger partial charge in [-0.1, -0.05) is 0 Å². The van der Waals surface area contributed by atoms with Gasteiger partial charge in [0.15, 0.2) is 0 Å². The van der Waals surface area contributed by atoms with E-state index in [0.717, 1.165) is 0 Å². The smallest absolute Gasteiger partial charge is 0.373 e. The van der Waals surface area contributed by atoms with Crippen molar-refractivity contribution in [1.82, 2.24) is 0 Å². The molecule has 0 N–H and O–H groups in total. The zero-order valence-electron chi connectivity index (χ0n) is 7.87. The maximum Gasteiger partial charge on any atom is 0.373 e. The van der Waals surface area contributed by atoms with Crippen LogP contribution in [0.3, 0.4) is 0 Å². The Morgan fingerprint density at radius 1 is 1.46 bits per heavy atom. The van der Waals surface area contributed by atoms with Crippen molar-refractivity contribution in [3.8, 4) is 0 Å². The Morgan fingerprint density at radius 2 is 2.15 bits per heavy atom. The fourth-order valence-electron chi connectivity index (χ4n) is 0.898. The van der Waals surface area contributed by atoms with Gasteiger partial charge in [0, 0.05) is 7.11 Å².